The predicted molar refractivity (Wildman–Crippen MR) is 144 cm³/mol. The van der Waals surface area contributed by atoms with Gasteiger partial charge in [0.2, 0.25) is 0 Å². The number of nitrogens with one attached hydrogen (secondary N) is 1. The first-order chi connectivity index (χ1) is 17.7. The number of hydrogen-bond acceptors (Lipinski definition) is 5. The molecule has 2 heterocycles. The first kappa shape index (κ1) is 25.9. The Morgan fingerprint density at radius 1 is 1.16 bits per heavy atom. The zero-order valence-corrected chi connectivity index (χ0v) is 21.6. The maximum Gasteiger partial charge on any atom is 0.251 e. The van der Waals surface area contributed by atoms with E-state index in [0.29, 0.717) is 29.7 Å². The fourth-order valence-electron chi connectivity index (χ4n) is 4.38. The molecular formula is C30H32N4O3. The summed E-state index contributed by atoms with van der Waals surface area (Å²) in [5, 5.41) is 22.6. The van der Waals surface area contributed by atoms with Crippen molar-refractivity contribution in [3.05, 3.63) is 89.2 Å². The average molecular weight is 497 g/mol. The Balaban J connectivity index is 1.48. The fourth-order valence-corrected chi connectivity index (χ4v) is 4.38. The maximum absolute atomic E-state index is 13.0. The predicted octanol–water partition coefficient (Wildman–Crippen LogP) is 5.08. The third-order valence-electron chi connectivity index (χ3n) is 6.10. The van der Waals surface area contributed by atoms with Crippen molar-refractivity contribution in [1.82, 2.24) is 14.7 Å². The highest BCUT2D eigenvalue weighted by molar-refractivity contribution is 5.95. The quantitative estimate of drug-likeness (QED) is 0.337. The van der Waals surface area contributed by atoms with Gasteiger partial charge in [-0.1, -0.05) is 30.3 Å². The molecule has 0 saturated heterocycles. The summed E-state index contributed by atoms with van der Waals surface area (Å²) in [6.07, 6.45) is 4.30. The number of nitrogens with zero attached hydrogens (tertiary/aromatic N) is 3. The van der Waals surface area contributed by atoms with E-state index >= 15 is 0 Å². The minimum Gasteiger partial charge on any atom is -0.490 e. The molecule has 2 N–H and O–H groups in total. The van der Waals surface area contributed by atoms with Gasteiger partial charge in [-0.2, -0.15) is 5.26 Å². The third-order valence-corrected chi connectivity index (χ3v) is 6.10. The Morgan fingerprint density at radius 3 is 2.57 bits per heavy atom. The van der Waals surface area contributed by atoms with Gasteiger partial charge in [-0.3, -0.25) is 4.79 Å². The van der Waals surface area contributed by atoms with Crippen LogP contribution in [0.1, 0.15) is 54.2 Å². The maximum atomic E-state index is 13.0. The lowest BCUT2D eigenvalue weighted by molar-refractivity contribution is 0.0917. The molecule has 37 heavy (non-hydrogen) atoms. The molecule has 0 saturated carbocycles. The summed E-state index contributed by atoms with van der Waals surface area (Å²) < 4.78 is 7.67. The van der Waals surface area contributed by atoms with Gasteiger partial charge in [0.25, 0.3) is 5.91 Å². The van der Waals surface area contributed by atoms with Gasteiger partial charge in [-0.25, -0.2) is 4.98 Å². The van der Waals surface area contributed by atoms with Crippen LogP contribution < -0.4 is 10.1 Å². The van der Waals surface area contributed by atoms with E-state index in [1.807, 2.05) is 74.0 Å². The SMILES string of the molecule is Cc1cccn2cc(-c3ccc(C[C@@H](C[C@H](C)O)NC(=O)c4ccc(OC(C)C)c(C#N)c4)cc3)nc12. The lowest BCUT2D eigenvalue weighted by Crippen LogP contribution is -2.38. The van der Waals surface area contributed by atoms with Crippen molar-refractivity contribution in [3.63, 3.8) is 0 Å². The molecule has 0 fully saturated rings. The molecule has 0 radical (unpaired) electrons. The molecule has 0 spiro atoms. The number of aliphatic hydroxyl groups is 1. The summed E-state index contributed by atoms with van der Waals surface area (Å²) in [6.45, 7) is 7.51. The third kappa shape index (κ3) is 6.35. The normalized spacial score (nSPS) is 12.8. The zero-order chi connectivity index (χ0) is 26.5. The molecule has 2 aromatic heterocycles. The van der Waals surface area contributed by atoms with Gasteiger partial charge >= 0.3 is 0 Å². The molecule has 0 aliphatic heterocycles. The number of rotatable bonds is 9. The van der Waals surface area contributed by atoms with Crippen LogP contribution in [0.15, 0.2) is 67.0 Å². The summed E-state index contributed by atoms with van der Waals surface area (Å²) in [5.74, 6) is 0.158. The smallest absolute Gasteiger partial charge is 0.251 e. The number of nitriles is 1. The van der Waals surface area contributed by atoms with Crippen molar-refractivity contribution in [3.8, 4) is 23.1 Å². The van der Waals surface area contributed by atoms with Crippen molar-refractivity contribution >= 4 is 11.6 Å². The lowest BCUT2D eigenvalue weighted by atomic mass is 9.99. The molecule has 7 heteroatoms. The van der Waals surface area contributed by atoms with E-state index in [9.17, 15) is 15.2 Å². The molecule has 190 valence electrons. The number of carbonyl (C=O) groups excluding carboxylic acids is 1. The number of ether oxygens (including phenoxy) is 1. The number of pyridine rings is 1. The van der Waals surface area contributed by atoms with E-state index in [1.165, 1.54) is 6.07 Å². The van der Waals surface area contributed by atoms with Crippen LogP contribution in [0, 0.1) is 18.3 Å². The van der Waals surface area contributed by atoms with Gasteiger partial charge in [-0.15, -0.1) is 0 Å². The number of fused-ring (bicyclic) bond motifs is 1. The summed E-state index contributed by atoms with van der Waals surface area (Å²) in [7, 11) is 0. The van der Waals surface area contributed by atoms with Crippen molar-refractivity contribution in [2.45, 2.75) is 58.8 Å². The fraction of sp³-hybridized carbons (Fsp3) is 0.300. The Hall–Kier alpha value is -4.15. The van der Waals surface area contributed by atoms with Crippen LogP contribution >= 0.6 is 0 Å². The Morgan fingerprint density at radius 2 is 1.92 bits per heavy atom. The second-order valence-corrected chi connectivity index (χ2v) is 9.69. The van der Waals surface area contributed by atoms with Crippen LogP contribution in [0.5, 0.6) is 5.75 Å². The molecule has 1 amide bonds. The highest BCUT2D eigenvalue weighted by Gasteiger charge is 2.18. The van der Waals surface area contributed by atoms with E-state index in [-0.39, 0.29) is 18.1 Å². The number of aromatic nitrogens is 2. The van der Waals surface area contributed by atoms with Gasteiger partial charge in [-0.05, 0) is 75.9 Å². The van der Waals surface area contributed by atoms with Crippen LogP contribution in [-0.4, -0.2) is 38.6 Å². The molecule has 0 bridgehead atoms. The molecule has 7 nitrogen and oxygen atoms in total. The first-order valence-corrected chi connectivity index (χ1v) is 12.5. The Kier molecular flexibility index (Phi) is 7.90. The zero-order valence-electron chi connectivity index (χ0n) is 21.6. The van der Waals surface area contributed by atoms with Gasteiger partial charge in [0, 0.05) is 29.6 Å². The van der Waals surface area contributed by atoms with E-state index in [0.717, 1.165) is 28.0 Å². The molecule has 2 atom stereocenters. The van der Waals surface area contributed by atoms with Gasteiger partial charge < -0.3 is 19.6 Å². The van der Waals surface area contributed by atoms with Crippen molar-refractivity contribution < 1.29 is 14.6 Å². The largest absolute Gasteiger partial charge is 0.490 e. The number of imidazole rings is 1. The lowest BCUT2D eigenvalue weighted by Gasteiger charge is -2.21. The van der Waals surface area contributed by atoms with E-state index in [2.05, 4.69) is 11.4 Å². The Labute approximate surface area is 217 Å². The van der Waals surface area contributed by atoms with Gasteiger partial charge in [0.15, 0.2) is 0 Å². The highest BCUT2D eigenvalue weighted by atomic mass is 16.5. The van der Waals surface area contributed by atoms with E-state index in [4.69, 9.17) is 9.72 Å². The van der Waals surface area contributed by atoms with Gasteiger partial charge in [0.1, 0.15) is 17.5 Å². The number of benzene rings is 2. The van der Waals surface area contributed by atoms with Crippen LogP contribution in [0.25, 0.3) is 16.9 Å². The number of amides is 1. The molecule has 0 unspecified atom stereocenters. The monoisotopic (exact) mass is 496 g/mol. The molecule has 2 aromatic carbocycles. The summed E-state index contributed by atoms with van der Waals surface area (Å²) >= 11 is 0. The van der Waals surface area contributed by atoms with Gasteiger partial charge in [0.05, 0.1) is 23.5 Å². The molecular weight excluding hydrogens is 464 g/mol. The number of hydrogen-bond donors (Lipinski definition) is 2. The van der Waals surface area contributed by atoms with E-state index < -0.39 is 6.10 Å². The van der Waals surface area contributed by atoms with Crippen LogP contribution in [0.3, 0.4) is 0 Å². The highest BCUT2D eigenvalue weighted by Crippen LogP contribution is 2.23. The van der Waals surface area contributed by atoms with Crippen LogP contribution in [0.2, 0.25) is 0 Å². The average Bonchev–Trinajstić information content (AvgIpc) is 3.30. The minimum absolute atomic E-state index is 0.0783. The van der Waals surface area contributed by atoms with Crippen molar-refractivity contribution in [1.29, 1.82) is 5.26 Å². The second kappa shape index (κ2) is 11.3. The summed E-state index contributed by atoms with van der Waals surface area (Å²) in [4.78, 5) is 17.8. The number of aliphatic hydroxyl groups excluding tert-OH is 1. The second-order valence-electron chi connectivity index (χ2n) is 9.69. The van der Waals surface area contributed by atoms with E-state index in [1.54, 1.807) is 19.1 Å². The number of aryl methyl sites for hydroxylation is 1. The Bertz CT molecular complexity index is 1430. The summed E-state index contributed by atoms with van der Waals surface area (Å²) in [6, 6.07) is 18.8. The van der Waals surface area contributed by atoms with Crippen molar-refractivity contribution in [2.24, 2.45) is 0 Å². The molecule has 4 aromatic rings. The molecule has 0 aliphatic rings. The van der Waals surface area contributed by atoms with Crippen molar-refractivity contribution in [2.75, 3.05) is 0 Å². The summed E-state index contributed by atoms with van der Waals surface area (Å²) in [5.41, 5.74) is 5.68. The molecule has 0 aliphatic carbocycles. The van der Waals surface area contributed by atoms with Crippen LogP contribution in [-0.2, 0) is 6.42 Å². The van der Waals surface area contributed by atoms with Crippen LogP contribution in [0.4, 0.5) is 0 Å². The number of carbonyl (C=O) groups is 1. The first-order valence-electron chi connectivity index (χ1n) is 12.5. The standard InChI is InChI=1S/C30H32N4O3/c1-19(2)37-28-12-11-24(16-25(28)17-31)30(36)32-26(14-21(4)35)15-22-7-9-23(10-8-22)27-18-34-13-5-6-20(3)29(34)33-27/h5-13,16,18-19,21,26,35H,14-15H2,1-4H3,(H,32,36)/t21-,26+/m0/s1. The topological polar surface area (TPSA) is 99.6 Å². The minimum atomic E-state index is -0.581. The molecule has 4 rings (SSSR count).